The van der Waals surface area contributed by atoms with Crippen molar-refractivity contribution in [3.8, 4) is 5.75 Å². The summed E-state index contributed by atoms with van der Waals surface area (Å²) in [5, 5.41) is 0. The zero-order valence-electron chi connectivity index (χ0n) is 9.73. The van der Waals surface area contributed by atoms with Crippen molar-refractivity contribution in [2.45, 2.75) is 20.8 Å². The molecule has 88 valence electrons. The van der Waals surface area contributed by atoms with E-state index in [1.54, 1.807) is 20.8 Å². The molecule has 0 saturated carbocycles. The number of rotatable bonds is 2. The Kier molecular flexibility index (Phi) is 3.31. The largest absolute Gasteiger partial charge is 0.494 e. The lowest BCUT2D eigenvalue weighted by Crippen LogP contribution is -2.21. The number of Topliss-reactive ketones (excluding diaryl/α,β-unsaturated/α-hetero) is 1. The summed E-state index contributed by atoms with van der Waals surface area (Å²) in [5.74, 6) is -2.15. The second-order valence-corrected chi connectivity index (χ2v) is 4.55. The minimum absolute atomic E-state index is 0.206. The Morgan fingerprint density at radius 1 is 1.19 bits per heavy atom. The van der Waals surface area contributed by atoms with Crippen LogP contribution in [0, 0.1) is 17.0 Å². The lowest BCUT2D eigenvalue weighted by molar-refractivity contribution is 0.0853. The number of methoxy groups -OCH3 is 1. The van der Waals surface area contributed by atoms with E-state index in [1.165, 1.54) is 7.11 Å². The second kappa shape index (κ2) is 4.20. The van der Waals surface area contributed by atoms with Gasteiger partial charge < -0.3 is 4.74 Å². The predicted octanol–water partition coefficient (Wildman–Crippen LogP) is 3.20. The first kappa shape index (κ1) is 12.6. The van der Waals surface area contributed by atoms with Crippen molar-refractivity contribution in [3.05, 3.63) is 29.3 Å². The lowest BCUT2D eigenvalue weighted by atomic mass is 9.86. The molecule has 1 aromatic carbocycles. The van der Waals surface area contributed by atoms with Gasteiger partial charge in [0, 0.05) is 11.5 Å². The molecule has 0 aromatic heterocycles. The zero-order valence-corrected chi connectivity index (χ0v) is 9.73. The fourth-order valence-corrected chi connectivity index (χ4v) is 1.26. The zero-order chi connectivity index (χ0) is 12.5. The van der Waals surface area contributed by atoms with Crippen molar-refractivity contribution in [2.75, 3.05) is 7.11 Å². The van der Waals surface area contributed by atoms with Crippen LogP contribution in [-0.4, -0.2) is 12.9 Å². The highest BCUT2D eigenvalue weighted by Crippen LogP contribution is 2.27. The van der Waals surface area contributed by atoms with Crippen molar-refractivity contribution in [2.24, 2.45) is 5.41 Å². The Bertz CT molecular complexity index is 420. The smallest absolute Gasteiger partial charge is 0.171 e. The maximum Gasteiger partial charge on any atom is 0.171 e. The first-order chi connectivity index (χ1) is 7.27. The minimum atomic E-state index is -0.766. The van der Waals surface area contributed by atoms with Crippen molar-refractivity contribution in [1.82, 2.24) is 0 Å². The summed E-state index contributed by atoms with van der Waals surface area (Å²) in [6, 6.07) is 1.76. The van der Waals surface area contributed by atoms with Gasteiger partial charge in [0.2, 0.25) is 0 Å². The first-order valence-electron chi connectivity index (χ1n) is 4.85. The fraction of sp³-hybridized carbons (Fsp3) is 0.417. The fourth-order valence-electron chi connectivity index (χ4n) is 1.26. The van der Waals surface area contributed by atoms with Crippen LogP contribution in [0.1, 0.15) is 31.1 Å². The van der Waals surface area contributed by atoms with Gasteiger partial charge in [-0.05, 0) is 6.07 Å². The van der Waals surface area contributed by atoms with Gasteiger partial charge in [-0.3, -0.25) is 4.79 Å². The van der Waals surface area contributed by atoms with Crippen molar-refractivity contribution in [3.63, 3.8) is 0 Å². The van der Waals surface area contributed by atoms with E-state index in [9.17, 15) is 13.6 Å². The van der Waals surface area contributed by atoms with Crippen molar-refractivity contribution < 1.29 is 18.3 Å². The van der Waals surface area contributed by atoms with Gasteiger partial charge in [-0.2, -0.15) is 0 Å². The van der Waals surface area contributed by atoms with E-state index < -0.39 is 22.8 Å². The van der Waals surface area contributed by atoms with Crippen LogP contribution < -0.4 is 4.74 Å². The lowest BCUT2D eigenvalue weighted by Gasteiger charge is -2.17. The van der Waals surface area contributed by atoms with E-state index in [2.05, 4.69) is 4.74 Å². The number of ether oxygens (including phenoxy) is 1. The van der Waals surface area contributed by atoms with Crippen LogP contribution in [0.5, 0.6) is 5.75 Å². The van der Waals surface area contributed by atoms with Crippen LogP contribution in [0.3, 0.4) is 0 Å². The third-order valence-electron chi connectivity index (χ3n) is 2.17. The summed E-state index contributed by atoms with van der Waals surface area (Å²) in [6.45, 7) is 4.95. The molecule has 1 aromatic rings. The van der Waals surface area contributed by atoms with Gasteiger partial charge in [-0.25, -0.2) is 8.78 Å². The third-order valence-corrected chi connectivity index (χ3v) is 2.17. The molecule has 0 heterocycles. The molecule has 1 rings (SSSR count). The molecule has 0 aliphatic heterocycles. The topological polar surface area (TPSA) is 26.3 Å². The molecule has 0 aliphatic carbocycles. The van der Waals surface area contributed by atoms with Crippen LogP contribution in [0.4, 0.5) is 8.78 Å². The average Bonchev–Trinajstić information content (AvgIpc) is 2.18. The maximum atomic E-state index is 13.5. The van der Waals surface area contributed by atoms with Crippen molar-refractivity contribution in [1.29, 1.82) is 0 Å². The van der Waals surface area contributed by atoms with Gasteiger partial charge in [0.1, 0.15) is 5.82 Å². The summed E-state index contributed by atoms with van der Waals surface area (Å²) in [6.07, 6.45) is 0. The normalized spacial score (nSPS) is 11.4. The van der Waals surface area contributed by atoms with E-state index >= 15 is 0 Å². The van der Waals surface area contributed by atoms with E-state index in [4.69, 9.17) is 0 Å². The van der Waals surface area contributed by atoms with Gasteiger partial charge in [-0.1, -0.05) is 20.8 Å². The van der Waals surface area contributed by atoms with Crippen LogP contribution in [0.15, 0.2) is 12.1 Å². The molecule has 0 saturated heterocycles. The van der Waals surface area contributed by atoms with Crippen LogP contribution in [0.25, 0.3) is 0 Å². The molecule has 2 nitrogen and oxygen atoms in total. The summed E-state index contributed by atoms with van der Waals surface area (Å²) in [4.78, 5) is 11.8. The van der Waals surface area contributed by atoms with Gasteiger partial charge in [0.15, 0.2) is 17.3 Å². The van der Waals surface area contributed by atoms with Crippen LogP contribution in [0.2, 0.25) is 0 Å². The molecule has 0 amide bonds. The van der Waals surface area contributed by atoms with Gasteiger partial charge in [-0.15, -0.1) is 0 Å². The highest BCUT2D eigenvalue weighted by Gasteiger charge is 2.26. The second-order valence-electron chi connectivity index (χ2n) is 4.55. The summed E-state index contributed by atoms with van der Waals surface area (Å²) >= 11 is 0. The molecule has 0 unspecified atom stereocenters. The molecule has 0 spiro atoms. The van der Waals surface area contributed by atoms with Crippen molar-refractivity contribution >= 4 is 5.78 Å². The standard InChI is InChI=1S/C12H14F2O2/c1-12(2,3)11(15)7-5-9(14)10(16-4)6-8(7)13/h5-6H,1-4H3. The Labute approximate surface area is 93.2 Å². The number of carbonyl (C=O) groups is 1. The first-order valence-corrected chi connectivity index (χ1v) is 4.85. The summed E-state index contributed by atoms with van der Waals surface area (Å²) in [5.41, 5.74) is -0.993. The number of carbonyl (C=O) groups excluding carboxylic acids is 1. The predicted molar refractivity (Wildman–Crippen MR) is 56.7 cm³/mol. The van der Waals surface area contributed by atoms with E-state index in [-0.39, 0.29) is 11.3 Å². The Morgan fingerprint density at radius 3 is 2.19 bits per heavy atom. The Morgan fingerprint density at radius 2 is 1.75 bits per heavy atom. The molecular formula is C12H14F2O2. The van der Waals surface area contributed by atoms with Crippen LogP contribution in [-0.2, 0) is 0 Å². The summed E-state index contributed by atoms with van der Waals surface area (Å²) in [7, 11) is 1.24. The number of halogens is 2. The van der Waals surface area contributed by atoms with Gasteiger partial charge >= 0.3 is 0 Å². The number of hydrogen-bond acceptors (Lipinski definition) is 2. The van der Waals surface area contributed by atoms with Gasteiger partial charge in [0.05, 0.1) is 12.7 Å². The highest BCUT2D eigenvalue weighted by atomic mass is 19.1. The van der Waals surface area contributed by atoms with Gasteiger partial charge in [0.25, 0.3) is 0 Å². The molecule has 4 heteroatoms. The quantitative estimate of drug-likeness (QED) is 0.726. The maximum absolute atomic E-state index is 13.5. The minimum Gasteiger partial charge on any atom is -0.494 e. The molecule has 0 N–H and O–H groups in total. The Hall–Kier alpha value is -1.45. The van der Waals surface area contributed by atoms with Crippen LogP contribution >= 0.6 is 0 Å². The molecule has 0 radical (unpaired) electrons. The molecule has 0 fully saturated rings. The highest BCUT2D eigenvalue weighted by molar-refractivity contribution is 6.00. The number of hydrogen-bond donors (Lipinski definition) is 0. The van der Waals surface area contributed by atoms with E-state index in [0.717, 1.165) is 12.1 Å². The third kappa shape index (κ3) is 2.38. The average molecular weight is 228 g/mol. The molecule has 0 aliphatic rings. The summed E-state index contributed by atoms with van der Waals surface area (Å²) < 4.78 is 31.5. The molecule has 16 heavy (non-hydrogen) atoms. The van der Waals surface area contributed by atoms with E-state index in [1.807, 2.05) is 0 Å². The number of ketones is 1. The molecule has 0 atom stereocenters. The monoisotopic (exact) mass is 228 g/mol. The SMILES string of the molecule is COc1cc(F)c(C(=O)C(C)(C)C)cc1F. The number of benzene rings is 1. The molecular weight excluding hydrogens is 214 g/mol. The molecule has 0 bridgehead atoms. The van der Waals surface area contributed by atoms with E-state index in [0.29, 0.717) is 0 Å². The Balaban J connectivity index is 3.27.